The van der Waals surface area contributed by atoms with Crippen molar-refractivity contribution in [3.8, 4) is 23.0 Å². The molecule has 0 aliphatic carbocycles. The highest BCUT2D eigenvalue weighted by Gasteiger charge is 2.34. The minimum absolute atomic E-state index is 0.0821. The molecule has 4 rings (SSSR count). The molecule has 3 aromatic rings. The summed E-state index contributed by atoms with van der Waals surface area (Å²) in [6, 6.07) is 9.65. The molecule has 2 aromatic carbocycles. The van der Waals surface area contributed by atoms with E-state index < -0.39 is 18.0 Å². The topological polar surface area (TPSA) is 124 Å². The Bertz CT molecular complexity index is 1750. The van der Waals surface area contributed by atoms with Gasteiger partial charge in [-0.2, -0.15) is 0 Å². The summed E-state index contributed by atoms with van der Waals surface area (Å²) in [4.78, 5) is 43.9. The van der Waals surface area contributed by atoms with Crippen molar-refractivity contribution in [2.45, 2.75) is 46.8 Å². The minimum Gasteiger partial charge on any atom is -0.493 e. The van der Waals surface area contributed by atoms with Crippen molar-refractivity contribution in [3.63, 3.8) is 0 Å². The molecule has 0 N–H and O–H groups in total. The van der Waals surface area contributed by atoms with Crippen LogP contribution in [-0.4, -0.2) is 56.6 Å². The third-order valence-corrected chi connectivity index (χ3v) is 7.50. The second kappa shape index (κ2) is 14.3. The molecule has 0 unspecified atom stereocenters. The van der Waals surface area contributed by atoms with E-state index in [0.717, 1.165) is 0 Å². The number of rotatable bonds is 12. The standard InChI is InChI=1S/C32H36N2O9S/c1-8-40-25-14-20(10-12-22(25)42-17-27(35)39-7)15-26-30(36)34-29(21-11-13-23(43-18(3)4)24(16-21)38-6)28(31(37)41-9-2)19(5)33-32(34)44-26/h10-16,18,29H,8-9,17H2,1-7H3/b26-15-/t29-/m0/s1. The van der Waals surface area contributed by atoms with Crippen molar-refractivity contribution in [2.75, 3.05) is 34.0 Å². The number of carbonyl (C=O) groups is 2. The van der Waals surface area contributed by atoms with Crippen LogP contribution < -0.4 is 33.8 Å². The van der Waals surface area contributed by atoms with Crippen LogP contribution in [0.25, 0.3) is 6.08 Å². The number of hydrogen-bond acceptors (Lipinski definition) is 11. The van der Waals surface area contributed by atoms with Crippen LogP contribution in [-0.2, 0) is 19.1 Å². The van der Waals surface area contributed by atoms with E-state index in [-0.39, 0.29) is 30.5 Å². The molecule has 1 aliphatic rings. The first-order valence-electron chi connectivity index (χ1n) is 14.1. The van der Waals surface area contributed by atoms with Gasteiger partial charge in [-0.15, -0.1) is 0 Å². The molecule has 44 heavy (non-hydrogen) atoms. The van der Waals surface area contributed by atoms with Crippen LogP contribution in [0, 0.1) is 0 Å². The summed E-state index contributed by atoms with van der Waals surface area (Å²) in [6.07, 6.45) is 1.64. The van der Waals surface area contributed by atoms with Crippen LogP contribution in [0.4, 0.5) is 0 Å². The van der Waals surface area contributed by atoms with Gasteiger partial charge in [-0.1, -0.05) is 23.5 Å². The lowest BCUT2D eigenvalue weighted by Crippen LogP contribution is -2.40. The Morgan fingerprint density at radius 2 is 1.75 bits per heavy atom. The summed E-state index contributed by atoms with van der Waals surface area (Å²) in [6.45, 7) is 9.36. The maximum atomic E-state index is 14.0. The zero-order valence-corrected chi connectivity index (χ0v) is 26.6. The van der Waals surface area contributed by atoms with E-state index in [9.17, 15) is 14.4 Å². The number of methoxy groups -OCH3 is 2. The van der Waals surface area contributed by atoms with E-state index >= 15 is 0 Å². The predicted octanol–water partition coefficient (Wildman–Crippen LogP) is 3.54. The zero-order chi connectivity index (χ0) is 32.0. The third-order valence-electron chi connectivity index (χ3n) is 6.52. The molecule has 0 amide bonds. The number of aromatic nitrogens is 1. The van der Waals surface area contributed by atoms with Gasteiger partial charge in [0.15, 0.2) is 34.4 Å². The maximum absolute atomic E-state index is 14.0. The van der Waals surface area contributed by atoms with Crippen LogP contribution >= 0.6 is 11.3 Å². The van der Waals surface area contributed by atoms with E-state index in [0.29, 0.717) is 55.8 Å². The smallest absolute Gasteiger partial charge is 0.343 e. The van der Waals surface area contributed by atoms with E-state index in [4.69, 9.17) is 23.7 Å². The number of thiazole rings is 1. The highest BCUT2D eigenvalue weighted by atomic mass is 32.1. The Balaban J connectivity index is 1.85. The Morgan fingerprint density at radius 3 is 2.41 bits per heavy atom. The lowest BCUT2D eigenvalue weighted by Gasteiger charge is -2.25. The molecule has 0 bridgehead atoms. The van der Waals surface area contributed by atoms with Gasteiger partial charge in [0.05, 0.1) is 55.4 Å². The predicted molar refractivity (Wildman–Crippen MR) is 164 cm³/mol. The van der Waals surface area contributed by atoms with Gasteiger partial charge >= 0.3 is 11.9 Å². The average molecular weight is 625 g/mol. The summed E-state index contributed by atoms with van der Waals surface area (Å²) in [7, 11) is 2.82. The molecule has 0 radical (unpaired) electrons. The number of nitrogens with zero attached hydrogens (tertiary/aromatic N) is 2. The molecule has 12 heteroatoms. The van der Waals surface area contributed by atoms with Crippen LogP contribution in [0.15, 0.2) is 57.5 Å². The van der Waals surface area contributed by atoms with E-state index in [1.54, 1.807) is 56.3 Å². The molecule has 1 aromatic heterocycles. The molecule has 0 saturated carbocycles. The second-order valence-electron chi connectivity index (χ2n) is 9.88. The van der Waals surface area contributed by atoms with Gasteiger partial charge in [0.1, 0.15) is 0 Å². The van der Waals surface area contributed by atoms with Gasteiger partial charge in [-0.05, 0) is 76.1 Å². The van der Waals surface area contributed by atoms with Crippen LogP contribution in [0.2, 0.25) is 0 Å². The van der Waals surface area contributed by atoms with Crippen molar-refractivity contribution >= 4 is 29.4 Å². The van der Waals surface area contributed by atoms with Gasteiger partial charge in [0.2, 0.25) is 0 Å². The van der Waals surface area contributed by atoms with E-state index in [1.165, 1.54) is 30.1 Å². The van der Waals surface area contributed by atoms with Crippen LogP contribution in [0.5, 0.6) is 23.0 Å². The Labute approximate surface area is 258 Å². The number of benzene rings is 2. The highest BCUT2D eigenvalue weighted by Crippen LogP contribution is 2.36. The first-order chi connectivity index (χ1) is 21.1. The number of allylic oxidation sites excluding steroid dienone is 1. The number of ether oxygens (including phenoxy) is 6. The average Bonchev–Trinajstić information content (AvgIpc) is 3.29. The van der Waals surface area contributed by atoms with Gasteiger partial charge in [-0.3, -0.25) is 9.36 Å². The fourth-order valence-corrected chi connectivity index (χ4v) is 5.71. The molecule has 1 aliphatic heterocycles. The Morgan fingerprint density at radius 1 is 1.00 bits per heavy atom. The lowest BCUT2D eigenvalue weighted by molar-refractivity contribution is -0.143. The normalized spacial score (nSPS) is 14.5. The molecule has 2 heterocycles. The molecule has 0 saturated heterocycles. The largest absolute Gasteiger partial charge is 0.493 e. The van der Waals surface area contributed by atoms with Crippen molar-refractivity contribution in [1.29, 1.82) is 0 Å². The Hall–Kier alpha value is -4.58. The number of carbonyl (C=O) groups excluding carboxylic acids is 2. The number of esters is 2. The van der Waals surface area contributed by atoms with Crippen LogP contribution in [0.3, 0.4) is 0 Å². The molecule has 1 atom stereocenters. The lowest BCUT2D eigenvalue weighted by atomic mass is 9.95. The van der Waals surface area contributed by atoms with Crippen LogP contribution in [0.1, 0.15) is 51.8 Å². The molecule has 11 nitrogen and oxygen atoms in total. The SMILES string of the molecule is CCOC(=O)C1=C(C)N=c2s/c(=C\c3ccc(OCC(=O)OC)c(OCC)c3)c(=O)n2[C@H]1c1ccc(OC(C)C)c(OC)c1. The van der Waals surface area contributed by atoms with Gasteiger partial charge in [0.25, 0.3) is 5.56 Å². The summed E-state index contributed by atoms with van der Waals surface area (Å²) in [5, 5.41) is 0. The van der Waals surface area contributed by atoms with Gasteiger partial charge in [-0.25, -0.2) is 14.6 Å². The number of fused-ring (bicyclic) bond motifs is 1. The van der Waals surface area contributed by atoms with Gasteiger partial charge in [0, 0.05) is 0 Å². The molecule has 234 valence electrons. The van der Waals surface area contributed by atoms with Crippen molar-refractivity contribution < 1.29 is 38.0 Å². The molecule has 0 fully saturated rings. The maximum Gasteiger partial charge on any atom is 0.343 e. The Kier molecular flexibility index (Phi) is 10.5. The third kappa shape index (κ3) is 6.96. The minimum atomic E-state index is -0.817. The molecular formula is C32H36N2O9S. The monoisotopic (exact) mass is 624 g/mol. The summed E-state index contributed by atoms with van der Waals surface area (Å²) < 4.78 is 34.7. The first kappa shape index (κ1) is 32.3. The fraction of sp³-hybridized carbons (Fsp3) is 0.375. The summed E-state index contributed by atoms with van der Waals surface area (Å²) >= 11 is 1.20. The van der Waals surface area contributed by atoms with Crippen molar-refractivity contribution in [2.24, 2.45) is 4.99 Å². The second-order valence-corrected chi connectivity index (χ2v) is 10.9. The molecular weight excluding hydrogens is 588 g/mol. The highest BCUT2D eigenvalue weighted by molar-refractivity contribution is 7.07. The first-order valence-corrected chi connectivity index (χ1v) is 14.9. The molecule has 0 spiro atoms. The quantitative estimate of drug-likeness (QED) is 0.278. The van der Waals surface area contributed by atoms with Crippen molar-refractivity contribution in [3.05, 3.63) is 78.5 Å². The fourth-order valence-electron chi connectivity index (χ4n) is 4.66. The van der Waals surface area contributed by atoms with Crippen molar-refractivity contribution in [1.82, 2.24) is 4.57 Å². The van der Waals surface area contributed by atoms with Gasteiger partial charge < -0.3 is 28.4 Å². The summed E-state index contributed by atoms with van der Waals surface area (Å²) in [5.74, 6) is 0.703. The van der Waals surface area contributed by atoms with E-state index in [2.05, 4.69) is 9.73 Å². The zero-order valence-electron chi connectivity index (χ0n) is 25.8. The van der Waals surface area contributed by atoms with E-state index in [1.807, 2.05) is 20.8 Å². The number of hydrogen-bond donors (Lipinski definition) is 0. The summed E-state index contributed by atoms with van der Waals surface area (Å²) in [5.41, 5.74) is 1.68.